The van der Waals surface area contributed by atoms with E-state index in [9.17, 15) is 0 Å². The highest BCUT2D eigenvalue weighted by Crippen LogP contribution is 2.19. The van der Waals surface area contributed by atoms with Gasteiger partial charge in [-0.25, -0.2) is 0 Å². The maximum absolute atomic E-state index is 5.45. The fourth-order valence-corrected chi connectivity index (χ4v) is 3.82. The van der Waals surface area contributed by atoms with Crippen LogP contribution in [0.15, 0.2) is 4.99 Å². The predicted octanol–water partition coefficient (Wildman–Crippen LogP) is 2.80. The first-order valence-corrected chi connectivity index (χ1v) is 9.48. The summed E-state index contributed by atoms with van der Waals surface area (Å²) in [5.74, 6) is 1.86. The second-order valence-electron chi connectivity index (χ2n) is 6.97. The number of hydrogen-bond acceptors (Lipinski definition) is 3. The molecule has 2 saturated heterocycles. The second-order valence-corrected chi connectivity index (χ2v) is 6.97. The van der Waals surface area contributed by atoms with Crippen molar-refractivity contribution < 1.29 is 4.74 Å². The van der Waals surface area contributed by atoms with Gasteiger partial charge in [0.15, 0.2) is 5.96 Å². The van der Waals surface area contributed by atoms with Crippen molar-refractivity contribution in [3.63, 3.8) is 0 Å². The topological polar surface area (TPSA) is 40.1 Å². The molecule has 0 aliphatic carbocycles. The third-order valence-electron chi connectivity index (χ3n) is 5.44. The van der Waals surface area contributed by atoms with Crippen molar-refractivity contribution in [3.8, 4) is 0 Å². The molecule has 2 heterocycles. The summed E-state index contributed by atoms with van der Waals surface area (Å²) in [7, 11) is 4.05. The molecule has 0 spiro atoms. The lowest BCUT2D eigenvalue weighted by Crippen LogP contribution is -2.49. The third-order valence-corrected chi connectivity index (χ3v) is 5.44. The highest BCUT2D eigenvalue weighted by atomic mass is 127. The summed E-state index contributed by atoms with van der Waals surface area (Å²) in [5.41, 5.74) is 0. The van der Waals surface area contributed by atoms with Crippen molar-refractivity contribution in [1.29, 1.82) is 0 Å². The molecule has 0 saturated carbocycles. The van der Waals surface area contributed by atoms with Crippen LogP contribution in [0.1, 0.15) is 45.4 Å². The SMILES string of the molecule is CCN1CCCCC1CNC(=NC)N(C)CCC1CCOCC1.I. The maximum atomic E-state index is 5.45. The number of nitrogens with one attached hydrogen (secondary N) is 1. The van der Waals surface area contributed by atoms with E-state index in [4.69, 9.17) is 4.74 Å². The average molecular weight is 452 g/mol. The standard InChI is InChI=1S/C18H36N4O.HI/c1-4-22-11-6-5-7-17(22)15-20-18(19-2)21(3)12-8-16-9-13-23-14-10-16;/h16-17H,4-15H2,1-3H3,(H,19,20);1H. The van der Waals surface area contributed by atoms with E-state index in [-0.39, 0.29) is 24.0 Å². The van der Waals surface area contributed by atoms with Crippen molar-refractivity contribution in [2.45, 2.75) is 51.5 Å². The Labute approximate surface area is 165 Å². The van der Waals surface area contributed by atoms with Gasteiger partial charge in [-0.3, -0.25) is 9.89 Å². The number of likely N-dealkylation sites (tertiary alicyclic amines) is 1. The Kier molecular flexibility index (Phi) is 11.3. The molecular formula is C18H37IN4O. The molecule has 142 valence electrons. The Morgan fingerprint density at radius 1 is 1.25 bits per heavy atom. The number of ether oxygens (including phenoxy) is 1. The van der Waals surface area contributed by atoms with E-state index < -0.39 is 0 Å². The smallest absolute Gasteiger partial charge is 0.193 e. The van der Waals surface area contributed by atoms with Crippen LogP contribution in [-0.2, 0) is 4.74 Å². The lowest BCUT2D eigenvalue weighted by Gasteiger charge is -2.36. The summed E-state index contributed by atoms with van der Waals surface area (Å²) >= 11 is 0. The number of piperidine rings is 1. The van der Waals surface area contributed by atoms with Gasteiger partial charge in [0.1, 0.15) is 0 Å². The number of likely N-dealkylation sites (N-methyl/N-ethyl adjacent to an activating group) is 1. The van der Waals surface area contributed by atoms with E-state index >= 15 is 0 Å². The maximum Gasteiger partial charge on any atom is 0.193 e. The van der Waals surface area contributed by atoms with Gasteiger partial charge in [0, 0.05) is 46.4 Å². The van der Waals surface area contributed by atoms with E-state index in [0.717, 1.165) is 44.7 Å². The van der Waals surface area contributed by atoms with E-state index in [1.165, 1.54) is 45.1 Å². The monoisotopic (exact) mass is 452 g/mol. The minimum Gasteiger partial charge on any atom is -0.381 e. The van der Waals surface area contributed by atoms with Crippen molar-refractivity contribution in [2.75, 3.05) is 53.5 Å². The molecule has 2 aliphatic rings. The fourth-order valence-electron chi connectivity index (χ4n) is 3.82. The molecule has 0 radical (unpaired) electrons. The highest BCUT2D eigenvalue weighted by Gasteiger charge is 2.21. The zero-order valence-electron chi connectivity index (χ0n) is 15.8. The Balaban J connectivity index is 0.00000288. The first-order chi connectivity index (χ1) is 11.2. The molecule has 0 bridgehead atoms. The van der Waals surface area contributed by atoms with Crippen LogP contribution >= 0.6 is 24.0 Å². The lowest BCUT2D eigenvalue weighted by atomic mass is 9.96. The van der Waals surface area contributed by atoms with Crippen LogP contribution in [0.2, 0.25) is 0 Å². The molecule has 1 unspecified atom stereocenters. The summed E-state index contributed by atoms with van der Waals surface area (Å²) in [6, 6.07) is 0.661. The van der Waals surface area contributed by atoms with E-state index in [2.05, 4.69) is 34.1 Å². The summed E-state index contributed by atoms with van der Waals surface area (Å²) in [6.07, 6.45) is 7.70. The molecule has 0 aromatic rings. The third kappa shape index (κ3) is 7.04. The highest BCUT2D eigenvalue weighted by molar-refractivity contribution is 14.0. The zero-order valence-corrected chi connectivity index (χ0v) is 18.1. The molecule has 1 N–H and O–H groups in total. The summed E-state index contributed by atoms with van der Waals surface area (Å²) in [6.45, 7) is 8.65. The minimum absolute atomic E-state index is 0. The molecule has 2 fully saturated rings. The molecule has 2 rings (SSSR count). The molecule has 2 aliphatic heterocycles. The summed E-state index contributed by atoms with van der Waals surface area (Å²) in [4.78, 5) is 9.36. The van der Waals surface area contributed by atoms with Crippen molar-refractivity contribution in [2.24, 2.45) is 10.9 Å². The number of aliphatic imine (C=N–C) groups is 1. The van der Waals surface area contributed by atoms with Gasteiger partial charge in [-0.05, 0) is 51.1 Å². The van der Waals surface area contributed by atoms with Crippen LogP contribution in [0, 0.1) is 5.92 Å². The fraction of sp³-hybridized carbons (Fsp3) is 0.944. The van der Waals surface area contributed by atoms with Gasteiger partial charge in [-0.1, -0.05) is 13.3 Å². The summed E-state index contributed by atoms with van der Waals surface area (Å²) < 4.78 is 5.45. The number of hydrogen-bond donors (Lipinski definition) is 1. The lowest BCUT2D eigenvalue weighted by molar-refractivity contribution is 0.0625. The first-order valence-electron chi connectivity index (χ1n) is 9.48. The Morgan fingerprint density at radius 2 is 2.00 bits per heavy atom. The molecule has 1 atom stereocenters. The van der Waals surface area contributed by atoms with Crippen LogP contribution in [-0.4, -0.2) is 75.3 Å². The van der Waals surface area contributed by atoms with Crippen LogP contribution < -0.4 is 5.32 Å². The molecule has 0 amide bonds. The van der Waals surface area contributed by atoms with Gasteiger partial charge >= 0.3 is 0 Å². The second kappa shape index (κ2) is 12.3. The molecular weight excluding hydrogens is 415 g/mol. The van der Waals surface area contributed by atoms with Crippen molar-refractivity contribution in [3.05, 3.63) is 0 Å². The average Bonchev–Trinajstić information content (AvgIpc) is 2.61. The molecule has 5 nitrogen and oxygen atoms in total. The van der Waals surface area contributed by atoms with Gasteiger partial charge in [-0.2, -0.15) is 0 Å². The van der Waals surface area contributed by atoms with Gasteiger partial charge in [-0.15, -0.1) is 24.0 Å². The molecule has 24 heavy (non-hydrogen) atoms. The van der Waals surface area contributed by atoms with E-state index in [1.807, 2.05) is 7.05 Å². The quantitative estimate of drug-likeness (QED) is 0.382. The minimum atomic E-state index is 0. The van der Waals surface area contributed by atoms with Gasteiger partial charge in [0.25, 0.3) is 0 Å². The number of nitrogens with zero attached hydrogens (tertiary/aromatic N) is 3. The molecule has 0 aromatic carbocycles. The first kappa shape index (κ1) is 22.0. The van der Waals surface area contributed by atoms with Crippen LogP contribution in [0.5, 0.6) is 0 Å². The number of guanidine groups is 1. The predicted molar refractivity (Wildman–Crippen MR) is 112 cm³/mol. The van der Waals surface area contributed by atoms with Crippen LogP contribution in [0.3, 0.4) is 0 Å². The van der Waals surface area contributed by atoms with E-state index in [0.29, 0.717) is 6.04 Å². The van der Waals surface area contributed by atoms with Crippen molar-refractivity contribution >= 4 is 29.9 Å². The Hall–Kier alpha value is -0.0800. The number of rotatable bonds is 6. The zero-order chi connectivity index (χ0) is 16.5. The van der Waals surface area contributed by atoms with Crippen LogP contribution in [0.25, 0.3) is 0 Å². The molecule has 6 heteroatoms. The summed E-state index contributed by atoms with van der Waals surface area (Å²) in [5, 5.41) is 3.60. The van der Waals surface area contributed by atoms with Gasteiger partial charge in [0.2, 0.25) is 0 Å². The van der Waals surface area contributed by atoms with Gasteiger partial charge < -0.3 is 15.0 Å². The largest absolute Gasteiger partial charge is 0.381 e. The molecule has 0 aromatic heterocycles. The van der Waals surface area contributed by atoms with E-state index in [1.54, 1.807) is 0 Å². The normalized spacial score (nSPS) is 23.6. The van der Waals surface area contributed by atoms with Crippen LogP contribution in [0.4, 0.5) is 0 Å². The van der Waals surface area contributed by atoms with Crippen molar-refractivity contribution in [1.82, 2.24) is 15.1 Å². The Morgan fingerprint density at radius 3 is 2.67 bits per heavy atom. The Bertz CT molecular complexity index is 361. The van der Waals surface area contributed by atoms with Gasteiger partial charge in [0.05, 0.1) is 0 Å². The number of halogens is 1.